The van der Waals surface area contributed by atoms with Crippen molar-refractivity contribution in [1.29, 1.82) is 0 Å². The number of amides is 3. The molecule has 362 valence electrons. The molecule has 18 nitrogen and oxygen atoms in total. The lowest BCUT2D eigenvalue weighted by Crippen LogP contribution is -2.47. The van der Waals surface area contributed by atoms with Crippen molar-refractivity contribution in [2.24, 2.45) is 5.73 Å². The van der Waals surface area contributed by atoms with E-state index in [1.807, 2.05) is 13.8 Å². The molecule has 2 heterocycles. The fraction of sp³-hybridized carbons (Fsp3) is 0.333. The smallest absolute Gasteiger partial charge is 0.408 e. The predicted molar refractivity (Wildman–Crippen MR) is 263 cm³/mol. The quantitative estimate of drug-likeness (QED) is 0.0953. The maximum atomic E-state index is 13.0. The van der Waals surface area contributed by atoms with Gasteiger partial charge in [-0.1, -0.05) is 47.5 Å². The molecule has 0 saturated carbocycles. The molecule has 6 aromatic rings. The minimum Gasteiger partial charge on any atom is -0.467 e. The first kappa shape index (κ1) is 55.2. The van der Waals surface area contributed by atoms with Crippen molar-refractivity contribution in [3.8, 4) is 0 Å². The van der Waals surface area contributed by atoms with E-state index < -0.39 is 67.4 Å². The van der Waals surface area contributed by atoms with Crippen LogP contribution < -0.4 is 16.4 Å². The fourth-order valence-corrected chi connectivity index (χ4v) is 8.86. The lowest BCUT2D eigenvalue weighted by molar-refractivity contribution is -0.143. The summed E-state index contributed by atoms with van der Waals surface area (Å²) >= 11 is 0. The first-order chi connectivity index (χ1) is 30.3. The van der Waals surface area contributed by atoms with Crippen molar-refractivity contribution in [2.75, 3.05) is 7.11 Å². The Balaban J connectivity index is 0.000000345. The van der Waals surface area contributed by atoms with Crippen LogP contribution in [0.3, 0.4) is 0 Å². The highest BCUT2D eigenvalue weighted by atomic mass is 32.2. The van der Waals surface area contributed by atoms with E-state index in [1.54, 1.807) is 102 Å². The number of rotatable bonds is 12. The van der Waals surface area contributed by atoms with Crippen LogP contribution in [-0.4, -0.2) is 89.7 Å². The number of aromatic nitrogens is 4. The largest absolute Gasteiger partial charge is 0.467 e. The molecule has 0 radical (unpaired) electrons. The number of aryl methyl sites for hydroxylation is 2. The number of ether oxygens (including phenoxy) is 3. The number of carbonyl (C=O) groups excluding carboxylic acids is 4. The second-order valence-corrected chi connectivity index (χ2v) is 20.7. The first-order valence-corrected chi connectivity index (χ1v) is 23.1. The molecule has 0 fully saturated rings. The number of primary amides is 1. The van der Waals surface area contributed by atoms with E-state index in [-0.39, 0.29) is 49.6 Å². The van der Waals surface area contributed by atoms with Gasteiger partial charge in [0.1, 0.15) is 23.3 Å². The normalized spacial score (nSPS) is 12.6. The molecule has 0 saturated heterocycles. The number of nitrogens with zero attached hydrogens (tertiary/aromatic N) is 4. The zero-order valence-electron chi connectivity index (χ0n) is 38.5. The van der Waals surface area contributed by atoms with Gasteiger partial charge in [0.15, 0.2) is 0 Å². The molecule has 4 aromatic carbocycles. The number of fused-ring (bicyclic) bond motifs is 2. The fourth-order valence-electron chi connectivity index (χ4n) is 6.30. The number of nitrogens with two attached hydrogens (primary N) is 1. The summed E-state index contributed by atoms with van der Waals surface area (Å²) in [5.74, 6) is -1.34. The molecule has 0 bridgehead atoms. The van der Waals surface area contributed by atoms with E-state index in [0.717, 1.165) is 19.3 Å². The Labute approximate surface area is 403 Å². The van der Waals surface area contributed by atoms with Gasteiger partial charge in [-0.3, -0.25) is 4.79 Å². The summed E-state index contributed by atoms with van der Waals surface area (Å²) in [5.41, 5.74) is 8.04. The van der Waals surface area contributed by atoms with Crippen molar-refractivity contribution in [3.63, 3.8) is 0 Å². The number of benzene rings is 4. The lowest BCUT2D eigenvalue weighted by Gasteiger charge is -2.22. The van der Waals surface area contributed by atoms with E-state index in [1.165, 1.54) is 43.8 Å². The van der Waals surface area contributed by atoms with Gasteiger partial charge in [-0.25, -0.2) is 14.4 Å². The highest BCUT2D eigenvalue weighted by molar-refractivity contribution is 7.90. The summed E-state index contributed by atoms with van der Waals surface area (Å²) in [7, 11) is -6.50. The Morgan fingerprint density at radius 2 is 0.970 bits per heavy atom. The SMILES string of the molecule is COC(=O)[C@H](Cc1ccc2c(cnn2S(=O)(=O)c2ccc(C)cc2)c1)NC(=O)OC(C)(C)C.Cc1ccc(S(=O)(=O)n2ncc3cc(C[C@H](NC(=O)OC(C)(C)C)C(N)=O)ccc32)cc1.S.S. The molecule has 0 unspecified atom stereocenters. The number of carbonyl (C=O) groups is 4. The summed E-state index contributed by atoms with van der Waals surface area (Å²) in [4.78, 5) is 48.5. The zero-order chi connectivity index (χ0) is 48.1. The maximum Gasteiger partial charge on any atom is 0.408 e. The van der Waals surface area contributed by atoms with E-state index in [9.17, 15) is 36.0 Å². The summed E-state index contributed by atoms with van der Waals surface area (Å²) < 4.78 is 69.2. The molecule has 67 heavy (non-hydrogen) atoms. The van der Waals surface area contributed by atoms with Crippen LogP contribution >= 0.6 is 27.0 Å². The Morgan fingerprint density at radius 1 is 0.612 bits per heavy atom. The standard InChI is InChI=1S/C23H27N3O6S.C22H26N4O5S.2H2S/c1-15-6-9-18(10-7-15)33(29,30)26-20-11-8-16(12-17(20)14-24-26)13-19(21(27)31-5)25-22(28)32-23(2,3)4;1-14-5-8-17(9-6-14)32(29,30)26-19-10-7-15(11-16(19)13-24-26)12-18(20(23)27)25-21(28)31-22(2,3)4;;/h6-12,14,19H,13H2,1-5H3,(H,25,28);5-11,13,18H,12H2,1-4H3,(H2,23,27)(H,25,28);2*1H2/t19-;18-;;/m00../s1. The van der Waals surface area contributed by atoms with Gasteiger partial charge in [-0.05, 0) is 115 Å². The number of methoxy groups -OCH3 is 1. The summed E-state index contributed by atoms with van der Waals surface area (Å²) in [6.07, 6.45) is 1.62. The molecular formula is C45H57N7O11S4. The third-order valence-electron chi connectivity index (χ3n) is 9.38. The minimum absolute atomic E-state index is 0. The topological polar surface area (TPSA) is 250 Å². The van der Waals surface area contributed by atoms with Crippen LogP contribution in [0.2, 0.25) is 0 Å². The number of alkyl carbamates (subject to hydrolysis) is 2. The van der Waals surface area contributed by atoms with Gasteiger partial charge in [0, 0.05) is 23.6 Å². The molecule has 0 aliphatic rings. The molecule has 2 atom stereocenters. The number of nitrogens with one attached hydrogen (secondary N) is 2. The van der Waals surface area contributed by atoms with E-state index >= 15 is 0 Å². The second-order valence-electron chi connectivity index (χ2n) is 17.1. The molecule has 0 aliphatic carbocycles. The Morgan fingerprint density at radius 3 is 1.31 bits per heavy atom. The van der Waals surface area contributed by atoms with Crippen LogP contribution in [0, 0.1) is 13.8 Å². The number of hydrogen-bond acceptors (Lipinski definition) is 13. The lowest BCUT2D eigenvalue weighted by atomic mass is 10.0. The second kappa shape index (κ2) is 22.1. The molecule has 3 amide bonds. The minimum atomic E-state index is -3.87. The van der Waals surface area contributed by atoms with Crippen LogP contribution in [0.25, 0.3) is 21.8 Å². The van der Waals surface area contributed by atoms with Crippen molar-refractivity contribution in [2.45, 2.75) is 101 Å². The molecule has 4 N–H and O–H groups in total. The highest BCUT2D eigenvalue weighted by Crippen LogP contribution is 2.24. The first-order valence-electron chi connectivity index (χ1n) is 20.2. The van der Waals surface area contributed by atoms with Gasteiger partial charge >= 0.3 is 18.2 Å². The zero-order valence-corrected chi connectivity index (χ0v) is 42.1. The molecule has 22 heteroatoms. The van der Waals surface area contributed by atoms with E-state index in [4.69, 9.17) is 19.9 Å². The molecule has 6 rings (SSSR count). The van der Waals surface area contributed by atoms with Crippen LogP contribution in [-0.2, 0) is 56.7 Å². The highest BCUT2D eigenvalue weighted by Gasteiger charge is 2.28. The van der Waals surface area contributed by atoms with Gasteiger partial charge in [-0.2, -0.15) is 62.2 Å². The number of hydrogen-bond donors (Lipinski definition) is 3. The van der Waals surface area contributed by atoms with E-state index in [0.29, 0.717) is 32.9 Å². The van der Waals surface area contributed by atoms with Crippen LogP contribution in [0.5, 0.6) is 0 Å². The Kier molecular flexibility index (Phi) is 18.2. The Bertz CT molecular complexity index is 2940. The van der Waals surface area contributed by atoms with Crippen LogP contribution in [0.4, 0.5) is 9.59 Å². The number of esters is 1. The summed E-state index contributed by atoms with van der Waals surface area (Å²) in [6, 6.07) is 21.0. The van der Waals surface area contributed by atoms with Crippen molar-refractivity contribution in [1.82, 2.24) is 29.0 Å². The van der Waals surface area contributed by atoms with E-state index in [2.05, 4.69) is 20.8 Å². The third-order valence-corrected chi connectivity index (χ3v) is 12.6. The monoisotopic (exact) mass is 999 g/mol. The van der Waals surface area contributed by atoms with Crippen LogP contribution in [0.15, 0.2) is 107 Å². The average molecular weight is 1000 g/mol. The molecular weight excluding hydrogens is 943 g/mol. The van der Waals surface area contributed by atoms with Crippen molar-refractivity contribution in [3.05, 3.63) is 120 Å². The van der Waals surface area contributed by atoms with Gasteiger partial charge in [0.2, 0.25) is 5.91 Å². The van der Waals surface area contributed by atoms with Gasteiger partial charge in [-0.15, -0.1) is 0 Å². The van der Waals surface area contributed by atoms with Crippen molar-refractivity contribution >= 4 is 92.9 Å². The predicted octanol–water partition coefficient (Wildman–Crippen LogP) is 5.92. The Hall–Kier alpha value is -6.10. The van der Waals surface area contributed by atoms with Crippen LogP contribution in [0.1, 0.15) is 63.8 Å². The van der Waals surface area contributed by atoms with Crippen molar-refractivity contribution < 1.29 is 50.2 Å². The molecule has 2 aromatic heterocycles. The summed E-state index contributed by atoms with van der Waals surface area (Å²) in [6.45, 7) is 14.0. The molecule has 0 aliphatic heterocycles. The van der Waals surface area contributed by atoms with Gasteiger partial charge in [0.05, 0.1) is 40.3 Å². The van der Waals surface area contributed by atoms with Gasteiger partial charge in [0.25, 0.3) is 20.0 Å². The third kappa shape index (κ3) is 14.4. The average Bonchev–Trinajstić information content (AvgIpc) is 3.84. The molecule has 0 spiro atoms. The maximum absolute atomic E-state index is 13.0. The van der Waals surface area contributed by atoms with Gasteiger partial charge < -0.3 is 30.6 Å². The summed E-state index contributed by atoms with van der Waals surface area (Å²) in [5, 5.41) is 14.3.